The van der Waals surface area contributed by atoms with E-state index in [9.17, 15) is 0 Å². The van der Waals surface area contributed by atoms with Gasteiger partial charge in [-0.3, -0.25) is 10.4 Å². The minimum atomic E-state index is 0.313. The lowest BCUT2D eigenvalue weighted by molar-refractivity contribution is 1.31. The molecule has 0 aliphatic rings. The molecule has 0 spiro atoms. The van der Waals surface area contributed by atoms with Gasteiger partial charge in [-0.05, 0) is 12.1 Å². The van der Waals surface area contributed by atoms with Crippen LogP contribution in [-0.2, 0) is 0 Å². The van der Waals surface area contributed by atoms with Crippen molar-refractivity contribution < 1.29 is 0 Å². The number of amidine groups is 1. The molecule has 0 atom stereocenters. The lowest BCUT2D eigenvalue weighted by atomic mass is 10.3. The third kappa shape index (κ3) is 1.86. The number of hydrogen-bond donors (Lipinski definition) is 2. The topological polar surface area (TPSA) is 75.1 Å². The largest absolute Gasteiger partial charge is 0.383 e. The summed E-state index contributed by atoms with van der Waals surface area (Å²) >= 11 is 0. The Bertz CT molecular complexity index is 265. The van der Waals surface area contributed by atoms with E-state index in [1.807, 2.05) is 0 Å². The number of aliphatic imine (C=N–C) groups is 1. The summed E-state index contributed by atoms with van der Waals surface area (Å²) in [6, 6.07) is 3.55. The first-order valence-electron chi connectivity index (χ1n) is 3.07. The maximum absolute atomic E-state index is 6.67. The fraction of sp³-hybridized carbons (Fsp3) is 0. The monoisotopic (exact) mass is 148 g/mol. The Balaban J connectivity index is 2.94. The molecule has 4 nitrogen and oxygen atoms in total. The van der Waals surface area contributed by atoms with Crippen molar-refractivity contribution in [3.63, 3.8) is 0 Å². The zero-order valence-corrected chi connectivity index (χ0v) is 5.86. The summed E-state index contributed by atoms with van der Waals surface area (Å²) in [7, 11) is 0. The molecule has 0 aromatic carbocycles. The maximum Gasteiger partial charge on any atom is 0.134 e. The van der Waals surface area contributed by atoms with Crippen molar-refractivity contribution in [3.8, 4) is 0 Å². The first-order valence-corrected chi connectivity index (χ1v) is 3.07. The molecule has 56 valence electrons. The Morgan fingerprint density at radius 3 is 3.09 bits per heavy atom. The summed E-state index contributed by atoms with van der Waals surface area (Å²) in [6.07, 6.45) is 4.16. The third-order valence-corrected chi connectivity index (χ3v) is 1.16. The maximum atomic E-state index is 6.67. The molecule has 0 aliphatic carbocycles. The number of nitrogens with zero attached hydrogens (tertiary/aromatic N) is 2. The van der Waals surface area contributed by atoms with E-state index in [0.29, 0.717) is 5.84 Å². The van der Waals surface area contributed by atoms with Gasteiger partial charge < -0.3 is 5.73 Å². The van der Waals surface area contributed by atoms with Gasteiger partial charge in [0.1, 0.15) is 12.2 Å². The Hall–Kier alpha value is -1.71. The quantitative estimate of drug-likeness (QED) is 0.470. The minimum Gasteiger partial charge on any atom is -0.383 e. The summed E-state index contributed by atoms with van der Waals surface area (Å²) in [4.78, 5) is 7.44. The van der Waals surface area contributed by atoms with Crippen molar-refractivity contribution in [2.45, 2.75) is 0 Å². The second kappa shape index (κ2) is 3.46. The number of aromatic nitrogens is 1. The first-order chi connectivity index (χ1) is 5.34. The molecule has 4 heteroatoms. The van der Waals surface area contributed by atoms with Crippen LogP contribution in [-0.4, -0.2) is 17.2 Å². The van der Waals surface area contributed by atoms with E-state index in [2.05, 4.69) is 9.98 Å². The number of nitrogens with one attached hydrogen (secondary N) is 1. The molecule has 0 saturated heterocycles. The van der Waals surface area contributed by atoms with Gasteiger partial charge >= 0.3 is 0 Å². The van der Waals surface area contributed by atoms with Crippen LogP contribution in [0.3, 0.4) is 0 Å². The molecule has 0 amide bonds. The first kappa shape index (κ1) is 7.40. The average Bonchev–Trinajstić information content (AvgIpc) is 2.07. The summed E-state index contributed by atoms with van der Waals surface area (Å²) < 4.78 is 0. The van der Waals surface area contributed by atoms with Gasteiger partial charge in [0.25, 0.3) is 0 Å². The fourth-order valence-corrected chi connectivity index (χ4v) is 0.658. The third-order valence-electron chi connectivity index (χ3n) is 1.16. The van der Waals surface area contributed by atoms with Gasteiger partial charge in [-0.25, -0.2) is 4.99 Å². The summed E-state index contributed by atoms with van der Waals surface area (Å²) in [5.41, 5.74) is 6.20. The van der Waals surface area contributed by atoms with Crippen molar-refractivity contribution in [3.05, 3.63) is 30.1 Å². The van der Waals surface area contributed by atoms with Crippen molar-refractivity contribution in [1.82, 2.24) is 4.98 Å². The van der Waals surface area contributed by atoms with Gasteiger partial charge in [-0.2, -0.15) is 0 Å². The lowest BCUT2D eigenvalue weighted by Gasteiger charge is -1.95. The highest BCUT2D eigenvalue weighted by Gasteiger charge is 1.93. The summed E-state index contributed by atoms with van der Waals surface area (Å²) in [5, 5.41) is 6.67. The molecule has 1 rings (SSSR count). The SMILES string of the molecule is N=CN=C(N)c1cccnc1. The molecule has 0 saturated carbocycles. The lowest BCUT2D eigenvalue weighted by Crippen LogP contribution is -2.13. The van der Waals surface area contributed by atoms with E-state index in [1.165, 1.54) is 0 Å². The smallest absolute Gasteiger partial charge is 0.134 e. The molecular weight excluding hydrogens is 140 g/mol. The highest BCUT2D eigenvalue weighted by atomic mass is 14.9. The Labute approximate surface area is 64.3 Å². The van der Waals surface area contributed by atoms with E-state index < -0.39 is 0 Å². The molecule has 11 heavy (non-hydrogen) atoms. The molecule has 0 bridgehead atoms. The van der Waals surface area contributed by atoms with Crippen LogP contribution >= 0.6 is 0 Å². The van der Waals surface area contributed by atoms with Crippen LogP contribution in [0.1, 0.15) is 5.56 Å². The number of pyridine rings is 1. The van der Waals surface area contributed by atoms with Gasteiger partial charge in [0.2, 0.25) is 0 Å². The fourth-order valence-electron chi connectivity index (χ4n) is 0.658. The number of rotatable bonds is 2. The standard InChI is InChI=1S/C7H8N4/c8-5-11-7(9)6-2-1-3-10-4-6/h1-5H,(H3,8,9,11). The van der Waals surface area contributed by atoms with Gasteiger partial charge in [-0.1, -0.05) is 0 Å². The van der Waals surface area contributed by atoms with Gasteiger partial charge in [0.15, 0.2) is 0 Å². The molecule has 3 N–H and O–H groups in total. The summed E-state index contributed by atoms with van der Waals surface area (Å²) in [5.74, 6) is 0.313. The highest BCUT2D eigenvalue weighted by molar-refractivity contribution is 6.00. The van der Waals surface area contributed by atoms with E-state index in [4.69, 9.17) is 11.1 Å². The Kier molecular flexibility index (Phi) is 2.32. The van der Waals surface area contributed by atoms with E-state index in [1.54, 1.807) is 24.5 Å². The van der Waals surface area contributed by atoms with E-state index >= 15 is 0 Å². The Morgan fingerprint density at radius 1 is 1.73 bits per heavy atom. The van der Waals surface area contributed by atoms with Crippen LogP contribution in [0.25, 0.3) is 0 Å². The van der Waals surface area contributed by atoms with Crippen molar-refractivity contribution >= 4 is 12.2 Å². The molecule has 0 aliphatic heterocycles. The van der Waals surface area contributed by atoms with Crippen molar-refractivity contribution in [2.75, 3.05) is 0 Å². The number of nitrogens with two attached hydrogens (primary N) is 1. The minimum absolute atomic E-state index is 0.313. The van der Waals surface area contributed by atoms with Crippen molar-refractivity contribution in [1.29, 1.82) is 5.41 Å². The zero-order chi connectivity index (χ0) is 8.10. The average molecular weight is 148 g/mol. The van der Waals surface area contributed by atoms with Crippen LogP contribution < -0.4 is 5.73 Å². The summed E-state index contributed by atoms with van der Waals surface area (Å²) in [6.45, 7) is 0. The van der Waals surface area contributed by atoms with Gasteiger partial charge in [0.05, 0.1) is 0 Å². The van der Waals surface area contributed by atoms with E-state index in [-0.39, 0.29) is 0 Å². The highest BCUT2D eigenvalue weighted by Crippen LogP contribution is 1.93. The second-order valence-electron chi connectivity index (χ2n) is 1.89. The normalized spacial score (nSPS) is 11.1. The predicted molar refractivity (Wildman–Crippen MR) is 43.7 cm³/mol. The van der Waals surface area contributed by atoms with Crippen molar-refractivity contribution in [2.24, 2.45) is 10.7 Å². The van der Waals surface area contributed by atoms with Crippen LogP contribution in [0.4, 0.5) is 0 Å². The molecule has 1 heterocycles. The second-order valence-corrected chi connectivity index (χ2v) is 1.89. The van der Waals surface area contributed by atoms with Crippen LogP contribution in [0, 0.1) is 5.41 Å². The Morgan fingerprint density at radius 2 is 2.55 bits per heavy atom. The predicted octanol–water partition coefficient (Wildman–Crippen LogP) is 0.394. The zero-order valence-electron chi connectivity index (χ0n) is 5.86. The van der Waals surface area contributed by atoms with Crippen LogP contribution in [0.2, 0.25) is 0 Å². The molecule has 0 unspecified atom stereocenters. The van der Waals surface area contributed by atoms with Crippen LogP contribution in [0.15, 0.2) is 29.5 Å². The van der Waals surface area contributed by atoms with Gasteiger partial charge in [0, 0.05) is 18.0 Å². The van der Waals surface area contributed by atoms with Gasteiger partial charge in [-0.15, -0.1) is 0 Å². The molecule has 0 fully saturated rings. The molecule has 1 aromatic rings. The van der Waals surface area contributed by atoms with Crippen LogP contribution in [0.5, 0.6) is 0 Å². The molecule has 1 aromatic heterocycles. The van der Waals surface area contributed by atoms with E-state index in [0.717, 1.165) is 11.9 Å². The molecule has 0 radical (unpaired) electrons. The number of hydrogen-bond acceptors (Lipinski definition) is 2. The molecular formula is C7H8N4.